The van der Waals surface area contributed by atoms with Gasteiger partial charge in [0.05, 0.1) is 5.75 Å². The Kier molecular flexibility index (Phi) is 4.76. The standard InChI is InChI=1S/C18H16FN3OS/c1-12-3-9-16(10-4-12)22-13(2)20-21-18(22)24-11-17(23)14-5-7-15(19)8-6-14/h3-10H,11H2,1-2H3. The van der Waals surface area contributed by atoms with E-state index in [0.717, 1.165) is 11.5 Å². The zero-order valence-electron chi connectivity index (χ0n) is 13.4. The third kappa shape index (κ3) is 3.54. The van der Waals surface area contributed by atoms with Crippen molar-refractivity contribution in [3.63, 3.8) is 0 Å². The quantitative estimate of drug-likeness (QED) is 0.520. The van der Waals surface area contributed by atoms with Crippen molar-refractivity contribution in [3.05, 3.63) is 71.3 Å². The number of hydrogen-bond donors (Lipinski definition) is 0. The van der Waals surface area contributed by atoms with Crippen molar-refractivity contribution in [1.82, 2.24) is 14.8 Å². The van der Waals surface area contributed by atoms with Crippen LogP contribution in [0.3, 0.4) is 0 Å². The van der Waals surface area contributed by atoms with Gasteiger partial charge in [0.1, 0.15) is 11.6 Å². The van der Waals surface area contributed by atoms with Crippen LogP contribution in [-0.4, -0.2) is 26.3 Å². The molecular weight excluding hydrogens is 325 g/mol. The smallest absolute Gasteiger partial charge is 0.196 e. The summed E-state index contributed by atoms with van der Waals surface area (Å²) in [7, 11) is 0. The number of carbonyl (C=O) groups excluding carboxylic acids is 1. The van der Waals surface area contributed by atoms with Crippen LogP contribution in [0.2, 0.25) is 0 Å². The zero-order chi connectivity index (χ0) is 17.1. The molecule has 0 fully saturated rings. The molecule has 1 aromatic heterocycles. The minimum Gasteiger partial charge on any atom is -0.293 e. The average Bonchev–Trinajstić information content (AvgIpc) is 2.95. The van der Waals surface area contributed by atoms with Gasteiger partial charge in [-0.25, -0.2) is 4.39 Å². The highest BCUT2D eigenvalue weighted by Gasteiger charge is 2.14. The summed E-state index contributed by atoms with van der Waals surface area (Å²) in [6.45, 7) is 3.90. The summed E-state index contributed by atoms with van der Waals surface area (Å²) in [5.41, 5.74) is 2.62. The monoisotopic (exact) mass is 341 g/mol. The van der Waals surface area contributed by atoms with Crippen LogP contribution in [0.4, 0.5) is 4.39 Å². The highest BCUT2D eigenvalue weighted by Crippen LogP contribution is 2.23. The molecule has 0 saturated carbocycles. The van der Waals surface area contributed by atoms with E-state index in [1.807, 2.05) is 42.7 Å². The highest BCUT2D eigenvalue weighted by molar-refractivity contribution is 7.99. The summed E-state index contributed by atoms with van der Waals surface area (Å²) in [6.07, 6.45) is 0. The molecule has 0 radical (unpaired) electrons. The van der Waals surface area contributed by atoms with Crippen LogP contribution >= 0.6 is 11.8 Å². The van der Waals surface area contributed by atoms with Gasteiger partial charge in [0.2, 0.25) is 0 Å². The molecule has 3 rings (SSSR count). The Bertz CT molecular complexity index is 857. The molecule has 0 aliphatic rings. The number of Topliss-reactive ketones (excluding diaryl/α,β-unsaturated/α-hetero) is 1. The molecule has 3 aromatic rings. The molecule has 1 heterocycles. The van der Waals surface area contributed by atoms with Crippen molar-refractivity contribution in [2.75, 3.05) is 5.75 Å². The molecule has 4 nitrogen and oxygen atoms in total. The summed E-state index contributed by atoms with van der Waals surface area (Å²) in [4.78, 5) is 12.2. The van der Waals surface area contributed by atoms with Crippen molar-refractivity contribution in [2.24, 2.45) is 0 Å². The van der Waals surface area contributed by atoms with Crippen molar-refractivity contribution in [2.45, 2.75) is 19.0 Å². The van der Waals surface area contributed by atoms with Gasteiger partial charge in [-0.3, -0.25) is 9.36 Å². The Hall–Kier alpha value is -2.47. The maximum atomic E-state index is 12.9. The molecule has 24 heavy (non-hydrogen) atoms. The van der Waals surface area contributed by atoms with Crippen LogP contribution in [0.15, 0.2) is 53.7 Å². The van der Waals surface area contributed by atoms with Crippen molar-refractivity contribution >= 4 is 17.5 Å². The second-order valence-electron chi connectivity index (χ2n) is 5.42. The number of carbonyl (C=O) groups is 1. The molecule has 0 aliphatic heterocycles. The predicted molar refractivity (Wildman–Crippen MR) is 92.3 cm³/mol. The van der Waals surface area contributed by atoms with Gasteiger partial charge in [-0.2, -0.15) is 0 Å². The van der Waals surface area contributed by atoms with Gasteiger partial charge in [-0.15, -0.1) is 10.2 Å². The Morgan fingerprint density at radius 1 is 1.04 bits per heavy atom. The van der Waals surface area contributed by atoms with Gasteiger partial charge in [0.15, 0.2) is 10.9 Å². The third-order valence-electron chi connectivity index (χ3n) is 3.59. The maximum Gasteiger partial charge on any atom is 0.196 e. The number of nitrogens with zero attached hydrogens (tertiary/aromatic N) is 3. The molecule has 0 spiro atoms. The Balaban J connectivity index is 1.77. The molecule has 2 aromatic carbocycles. The van der Waals surface area contributed by atoms with Gasteiger partial charge < -0.3 is 0 Å². The first-order valence-corrected chi connectivity index (χ1v) is 8.44. The van der Waals surface area contributed by atoms with E-state index in [1.165, 1.54) is 41.6 Å². The number of thioether (sulfide) groups is 1. The third-order valence-corrected chi connectivity index (χ3v) is 4.51. The first kappa shape index (κ1) is 16.4. The summed E-state index contributed by atoms with van der Waals surface area (Å²) in [5.74, 6) is 0.552. The topological polar surface area (TPSA) is 47.8 Å². The highest BCUT2D eigenvalue weighted by atomic mass is 32.2. The number of aryl methyl sites for hydroxylation is 2. The van der Waals surface area contributed by atoms with Crippen molar-refractivity contribution in [1.29, 1.82) is 0 Å². The van der Waals surface area contributed by atoms with E-state index >= 15 is 0 Å². The summed E-state index contributed by atoms with van der Waals surface area (Å²) < 4.78 is 14.9. The number of hydrogen-bond acceptors (Lipinski definition) is 4. The molecule has 0 bridgehead atoms. The predicted octanol–water partition coefficient (Wildman–Crippen LogP) is 4.00. The van der Waals surface area contributed by atoms with E-state index in [9.17, 15) is 9.18 Å². The first-order chi connectivity index (χ1) is 11.5. The molecule has 0 unspecified atom stereocenters. The Labute approximate surface area is 143 Å². The lowest BCUT2D eigenvalue weighted by atomic mass is 10.1. The average molecular weight is 341 g/mol. The number of halogens is 1. The number of rotatable bonds is 5. The number of aromatic nitrogens is 3. The van der Waals surface area contributed by atoms with E-state index < -0.39 is 0 Å². The Morgan fingerprint density at radius 3 is 2.38 bits per heavy atom. The fraction of sp³-hybridized carbons (Fsp3) is 0.167. The largest absolute Gasteiger partial charge is 0.293 e. The van der Waals surface area contributed by atoms with Gasteiger partial charge >= 0.3 is 0 Å². The fourth-order valence-electron chi connectivity index (χ4n) is 2.28. The molecule has 0 amide bonds. The minimum absolute atomic E-state index is 0.0730. The summed E-state index contributed by atoms with van der Waals surface area (Å²) >= 11 is 1.32. The second-order valence-corrected chi connectivity index (χ2v) is 6.36. The minimum atomic E-state index is -0.353. The van der Waals surface area contributed by atoms with E-state index in [4.69, 9.17) is 0 Å². The van der Waals surface area contributed by atoms with E-state index in [1.54, 1.807) is 0 Å². The lowest BCUT2D eigenvalue weighted by Crippen LogP contribution is -2.05. The van der Waals surface area contributed by atoms with Crippen LogP contribution in [0.25, 0.3) is 5.69 Å². The second kappa shape index (κ2) is 6.97. The van der Waals surface area contributed by atoms with Crippen molar-refractivity contribution in [3.8, 4) is 5.69 Å². The molecule has 0 atom stereocenters. The zero-order valence-corrected chi connectivity index (χ0v) is 14.2. The van der Waals surface area contributed by atoms with Gasteiger partial charge in [-0.1, -0.05) is 29.5 Å². The lowest BCUT2D eigenvalue weighted by molar-refractivity contribution is 0.102. The SMILES string of the molecule is Cc1ccc(-n2c(C)nnc2SCC(=O)c2ccc(F)cc2)cc1. The van der Waals surface area contributed by atoms with Crippen LogP contribution in [-0.2, 0) is 0 Å². The van der Waals surface area contributed by atoms with Crippen LogP contribution in [0, 0.1) is 19.7 Å². The van der Waals surface area contributed by atoms with E-state index in [0.29, 0.717) is 10.7 Å². The molecule has 0 aliphatic carbocycles. The molecule has 6 heteroatoms. The Morgan fingerprint density at radius 2 is 1.71 bits per heavy atom. The number of ketones is 1. The van der Waals surface area contributed by atoms with Crippen LogP contribution in [0.1, 0.15) is 21.7 Å². The van der Waals surface area contributed by atoms with Crippen LogP contribution in [0.5, 0.6) is 0 Å². The van der Waals surface area contributed by atoms with E-state index in [2.05, 4.69) is 10.2 Å². The van der Waals surface area contributed by atoms with Gasteiger partial charge in [0, 0.05) is 11.3 Å². The van der Waals surface area contributed by atoms with Gasteiger partial charge in [-0.05, 0) is 50.2 Å². The normalized spacial score (nSPS) is 10.8. The van der Waals surface area contributed by atoms with E-state index in [-0.39, 0.29) is 17.4 Å². The summed E-state index contributed by atoms with van der Waals surface area (Å²) in [6, 6.07) is 13.6. The first-order valence-electron chi connectivity index (χ1n) is 7.45. The van der Waals surface area contributed by atoms with Crippen molar-refractivity contribution < 1.29 is 9.18 Å². The van der Waals surface area contributed by atoms with Crippen LogP contribution < -0.4 is 0 Å². The molecule has 0 N–H and O–H groups in total. The van der Waals surface area contributed by atoms with Gasteiger partial charge in [0.25, 0.3) is 0 Å². The lowest BCUT2D eigenvalue weighted by Gasteiger charge is -2.08. The maximum absolute atomic E-state index is 12.9. The molecular formula is C18H16FN3OS. The molecule has 0 saturated heterocycles. The number of benzene rings is 2. The summed E-state index contributed by atoms with van der Waals surface area (Å²) in [5, 5.41) is 8.93. The molecule has 122 valence electrons. The fourth-order valence-corrected chi connectivity index (χ4v) is 3.17.